The molecule has 2 heteroatoms. The molecular formula is C48H40NP. The van der Waals surface area contributed by atoms with Gasteiger partial charge in [-0.05, 0) is 79.6 Å². The second kappa shape index (κ2) is 15.1. The van der Waals surface area contributed by atoms with Crippen molar-refractivity contribution >= 4 is 45.4 Å². The maximum Gasteiger partial charge on any atom is 0.0237 e. The van der Waals surface area contributed by atoms with Crippen molar-refractivity contribution in [2.75, 3.05) is 6.54 Å². The zero-order chi connectivity index (χ0) is 33.5. The highest BCUT2D eigenvalue weighted by Crippen LogP contribution is 2.43. The Morgan fingerprint density at radius 2 is 0.820 bits per heavy atom. The Balaban J connectivity index is 1.31. The van der Waals surface area contributed by atoms with Crippen LogP contribution in [0.2, 0.25) is 0 Å². The van der Waals surface area contributed by atoms with E-state index < -0.39 is 7.92 Å². The summed E-state index contributed by atoms with van der Waals surface area (Å²) < 4.78 is 0. The largest absolute Gasteiger partial charge is 0.295 e. The van der Waals surface area contributed by atoms with Crippen molar-refractivity contribution in [2.24, 2.45) is 0 Å². The fourth-order valence-corrected chi connectivity index (χ4v) is 9.76. The van der Waals surface area contributed by atoms with Crippen LogP contribution in [-0.4, -0.2) is 11.4 Å². The topological polar surface area (TPSA) is 3.24 Å². The van der Waals surface area contributed by atoms with Gasteiger partial charge in [-0.2, -0.15) is 0 Å². The van der Waals surface area contributed by atoms with Gasteiger partial charge in [-0.1, -0.05) is 194 Å². The molecule has 0 aromatic heterocycles. The van der Waals surface area contributed by atoms with Crippen LogP contribution >= 0.6 is 7.92 Å². The fraction of sp³-hybridized carbons (Fsp3) is 0.0833. The van der Waals surface area contributed by atoms with E-state index in [4.69, 9.17) is 0 Å². The number of hydrogen-bond acceptors (Lipinski definition) is 1. The number of fused-ring (bicyclic) bond motifs is 2. The van der Waals surface area contributed by atoms with Crippen LogP contribution in [-0.2, 0) is 19.5 Å². The van der Waals surface area contributed by atoms with Gasteiger partial charge in [-0.25, -0.2) is 0 Å². The lowest BCUT2D eigenvalue weighted by atomic mass is 9.89. The van der Waals surface area contributed by atoms with Gasteiger partial charge in [-0.15, -0.1) is 0 Å². The van der Waals surface area contributed by atoms with Crippen LogP contribution in [0.4, 0.5) is 0 Å². The molecule has 242 valence electrons. The lowest BCUT2D eigenvalue weighted by Gasteiger charge is -2.27. The lowest BCUT2D eigenvalue weighted by molar-refractivity contribution is 0.260. The Morgan fingerprint density at radius 1 is 0.380 bits per heavy atom. The third-order valence-corrected chi connectivity index (χ3v) is 12.1. The van der Waals surface area contributed by atoms with Crippen molar-refractivity contribution in [2.45, 2.75) is 19.5 Å². The van der Waals surface area contributed by atoms with E-state index in [0.717, 1.165) is 26.1 Å². The number of hydrogen-bond donors (Lipinski definition) is 0. The van der Waals surface area contributed by atoms with Crippen LogP contribution in [0, 0.1) is 0 Å². The molecule has 0 heterocycles. The maximum absolute atomic E-state index is 2.61. The van der Waals surface area contributed by atoms with Crippen LogP contribution in [0.5, 0.6) is 0 Å². The van der Waals surface area contributed by atoms with Crippen LogP contribution in [0.3, 0.4) is 0 Å². The highest BCUT2D eigenvalue weighted by molar-refractivity contribution is 7.80. The summed E-state index contributed by atoms with van der Waals surface area (Å²) in [6.45, 7) is 2.76. The van der Waals surface area contributed by atoms with Gasteiger partial charge in [0.2, 0.25) is 0 Å². The number of rotatable bonds is 11. The molecule has 0 atom stereocenters. The van der Waals surface area contributed by atoms with Gasteiger partial charge in [0.1, 0.15) is 0 Å². The van der Waals surface area contributed by atoms with E-state index >= 15 is 0 Å². The second-order valence-corrected chi connectivity index (χ2v) is 15.1. The molecule has 8 aromatic rings. The maximum atomic E-state index is 2.61. The molecule has 8 rings (SSSR count). The van der Waals surface area contributed by atoms with Crippen molar-refractivity contribution in [1.29, 1.82) is 0 Å². The molecule has 0 saturated heterocycles. The zero-order valence-corrected chi connectivity index (χ0v) is 29.1. The first-order chi connectivity index (χ1) is 24.8. The van der Waals surface area contributed by atoms with Gasteiger partial charge >= 0.3 is 0 Å². The van der Waals surface area contributed by atoms with E-state index in [9.17, 15) is 0 Å². The molecule has 0 spiro atoms. The minimum atomic E-state index is -0.830. The second-order valence-electron chi connectivity index (χ2n) is 12.9. The van der Waals surface area contributed by atoms with Gasteiger partial charge in [0.05, 0.1) is 0 Å². The monoisotopic (exact) mass is 661 g/mol. The Morgan fingerprint density at radius 3 is 1.36 bits per heavy atom. The average molecular weight is 662 g/mol. The Labute approximate surface area is 297 Å². The van der Waals surface area contributed by atoms with Gasteiger partial charge in [0.15, 0.2) is 0 Å². The third kappa shape index (κ3) is 6.89. The Bertz CT molecular complexity index is 2240. The molecule has 50 heavy (non-hydrogen) atoms. The van der Waals surface area contributed by atoms with Crippen molar-refractivity contribution in [3.05, 3.63) is 211 Å². The summed E-state index contributed by atoms with van der Waals surface area (Å²) in [5.74, 6) is 0. The molecule has 0 aliphatic heterocycles. The van der Waals surface area contributed by atoms with Crippen LogP contribution in [0.15, 0.2) is 194 Å². The molecule has 0 saturated carbocycles. The molecule has 1 nitrogen and oxygen atoms in total. The average Bonchev–Trinajstić information content (AvgIpc) is 3.18. The van der Waals surface area contributed by atoms with Crippen molar-refractivity contribution < 1.29 is 0 Å². The van der Waals surface area contributed by atoms with Crippen molar-refractivity contribution in [1.82, 2.24) is 4.90 Å². The number of benzene rings is 8. The van der Waals surface area contributed by atoms with Crippen LogP contribution in [0.1, 0.15) is 16.7 Å². The molecule has 0 aliphatic carbocycles. The molecule has 0 unspecified atom stereocenters. The third-order valence-electron chi connectivity index (χ3n) is 9.64. The molecule has 0 bridgehead atoms. The predicted octanol–water partition coefficient (Wildman–Crippen LogP) is 10.7. The molecule has 0 amide bonds. The van der Waals surface area contributed by atoms with Crippen molar-refractivity contribution in [3.8, 4) is 11.1 Å². The predicted molar refractivity (Wildman–Crippen MR) is 216 cm³/mol. The number of nitrogens with zero attached hydrogens (tertiary/aromatic N) is 1. The summed E-state index contributed by atoms with van der Waals surface area (Å²) in [5.41, 5.74) is 6.81. The summed E-state index contributed by atoms with van der Waals surface area (Å²) >= 11 is 0. The van der Waals surface area contributed by atoms with Gasteiger partial charge in [-0.3, -0.25) is 4.90 Å². The molecular weight excluding hydrogens is 622 g/mol. The van der Waals surface area contributed by atoms with Crippen molar-refractivity contribution in [3.63, 3.8) is 0 Å². The first kappa shape index (κ1) is 31.9. The first-order valence-electron chi connectivity index (χ1n) is 17.5. The lowest BCUT2D eigenvalue weighted by Crippen LogP contribution is -2.26. The van der Waals surface area contributed by atoms with E-state index in [2.05, 4.69) is 199 Å². The highest BCUT2D eigenvalue weighted by atomic mass is 31.1. The molecule has 0 aliphatic rings. The Kier molecular flexibility index (Phi) is 9.61. The van der Waals surface area contributed by atoms with Gasteiger partial charge in [0, 0.05) is 19.6 Å². The summed E-state index contributed by atoms with van der Waals surface area (Å²) in [7, 11) is -0.830. The summed E-state index contributed by atoms with van der Waals surface area (Å²) in [5, 5.41) is 9.31. The minimum absolute atomic E-state index is 0.830. The van der Waals surface area contributed by atoms with Crippen LogP contribution in [0.25, 0.3) is 32.7 Å². The molecule has 0 fully saturated rings. The van der Waals surface area contributed by atoms with E-state index in [1.54, 1.807) is 0 Å². The van der Waals surface area contributed by atoms with E-state index in [0.29, 0.717) is 0 Å². The van der Waals surface area contributed by atoms with E-state index in [1.807, 2.05) is 0 Å². The fourth-order valence-electron chi connectivity index (χ4n) is 7.29. The molecule has 0 N–H and O–H groups in total. The van der Waals surface area contributed by atoms with Gasteiger partial charge in [0.25, 0.3) is 0 Å². The SMILES string of the molecule is c1ccc(CN(CCc2ccc3ccccc3c2-c2c(P(c3ccccc3)c3ccccc3)ccc3ccccc23)Cc2ccccc2)cc1. The molecule has 0 radical (unpaired) electrons. The highest BCUT2D eigenvalue weighted by Gasteiger charge is 2.24. The Hall–Kier alpha value is -5.33. The minimum Gasteiger partial charge on any atom is -0.295 e. The zero-order valence-electron chi connectivity index (χ0n) is 28.2. The summed E-state index contributed by atoms with van der Waals surface area (Å²) in [6.07, 6.45) is 0.942. The molecule has 8 aromatic carbocycles. The van der Waals surface area contributed by atoms with E-state index in [1.165, 1.54) is 65.3 Å². The summed E-state index contributed by atoms with van der Waals surface area (Å²) in [4.78, 5) is 2.61. The quantitative estimate of drug-likeness (QED) is 0.125. The van der Waals surface area contributed by atoms with Crippen LogP contribution < -0.4 is 15.9 Å². The summed E-state index contributed by atoms with van der Waals surface area (Å²) in [6, 6.07) is 71.5. The normalized spacial score (nSPS) is 11.5. The standard InChI is InChI=1S/C48H40NP/c1-5-17-37(18-6-1)35-49(36-38-19-7-2-8-20-38)34-33-41-30-29-39-21-13-15-27-44(39)47(41)48-45-28-16-14-22-40(45)31-32-46(48)50(42-23-9-3-10-24-42)43-25-11-4-12-26-43/h1-32H,33-36H2. The smallest absolute Gasteiger partial charge is 0.0237 e. The van der Waals surface area contributed by atoms with Gasteiger partial charge < -0.3 is 0 Å². The first-order valence-corrected chi connectivity index (χ1v) is 18.9. The van der Waals surface area contributed by atoms with E-state index in [-0.39, 0.29) is 0 Å².